The van der Waals surface area contributed by atoms with Gasteiger partial charge in [-0.25, -0.2) is 4.98 Å². The fourth-order valence-corrected chi connectivity index (χ4v) is 3.39. The topological polar surface area (TPSA) is 53.4 Å². The van der Waals surface area contributed by atoms with E-state index in [1.54, 1.807) is 17.5 Å². The normalized spacial score (nSPS) is 18.7. The van der Waals surface area contributed by atoms with Gasteiger partial charge >= 0.3 is 0 Å². The van der Waals surface area contributed by atoms with Crippen LogP contribution in [0.25, 0.3) is 10.6 Å². The van der Waals surface area contributed by atoms with Crippen molar-refractivity contribution in [1.29, 1.82) is 0 Å². The van der Waals surface area contributed by atoms with E-state index in [4.69, 9.17) is 0 Å². The van der Waals surface area contributed by atoms with E-state index in [0.717, 1.165) is 36.4 Å². The molecule has 1 N–H and O–H groups in total. The number of carbonyl (C=O) groups is 1. The van der Waals surface area contributed by atoms with Gasteiger partial charge in [-0.1, -0.05) is 12.1 Å². The molecule has 1 aromatic carbocycles. The number of rotatable bonds is 3. The summed E-state index contributed by atoms with van der Waals surface area (Å²) in [5.74, 6) is 0.0134. The van der Waals surface area contributed by atoms with E-state index >= 15 is 0 Å². The summed E-state index contributed by atoms with van der Waals surface area (Å²) in [6, 6.07) is 7.53. The summed E-state index contributed by atoms with van der Waals surface area (Å²) in [4.78, 5) is 18.6. The number of nitrogens with zero attached hydrogens (tertiary/aromatic N) is 2. The van der Waals surface area contributed by atoms with Gasteiger partial charge in [-0.05, 0) is 31.4 Å². The molecule has 2 heterocycles. The molecule has 0 saturated carbocycles. The van der Waals surface area contributed by atoms with Gasteiger partial charge in [-0.15, -0.1) is 11.3 Å². The van der Waals surface area contributed by atoms with Crippen molar-refractivity contribution in [1.82, 2.24) is 9.88 Å². The second kappa shape index (κ2) is 6.37. The molecule has 0 bridgehead atoms. The van der Waals surface area contributed by atoms with Crippen molar-refractivity contribution in [2.75, 3.05) is 13.2 Å². The first kappa shape index (κ1) is 14.2. The molecule has 110 valence electrons. The highest BCUT2D eigenvalue weighted by Gasteiger charge is 2.26. The molecule has 0 radical (unpaired) electrons. The molecule has 1 atom stereocenters. The van der Waals surface area contributed by atoms with Crippen LogP contribution in [0.1, 0.15) is 29.6 Å². The largest absolute Gasteiger partial charge is 0.394 e. The van der Waals surface area contributed by atoms with E-state index in [1.165, 1.54) is 0 Å². The van der Waals surface area contributed by atoms with Crippen LogP contribution < -0.4 is 0 Å². The van der Waals surface area contributed by atoms with Crippen molar-refractivity contribution < 1.29 is 9.90 Å². The number of hydrogen-bond donors (Lipinski definition) is 1. The number of likely N-dealkylation sites (tertiary alicyclic amines) is 1. The van der Waals surface area contributed by atoms with Crippen molar-refractivity contribution in [3.05, 3.63) is 41.4 Å². The molecule has 1 aliphatic rings. The molecule has 1 fully saturated rings. The molecule has 3 rings (SSSR count). The zero-order chi connectivity index (χ0) is 14.7. The Bertz CT molecular complexity index is 595. The van der Waals surface area contributed by atoms with Crippen LogP contribution in [0, 0.1) is 0 Å². The number of aromatic nitrogens is 1. The van der Waals surface area contributed by atoms with E-state index in [1.807, 2.05) is 34.5 Å². The molecule has 0 unspecified atom stereocenters. The zero-order valence-electron chi connectivity index (χ0n) is 11.7. The average molecular weight is 302 g/mol. The monoisotopic (exact) mass is 302 g/mol. The summed E-state index contributed by atoms with van der Waals surface area (Å²) in [6.45, 7) is 0.779. The zero-order valence-corrected chi connectivity index (χ0v) is 12.6. The van der Waals surface area contributed by atoms with Crippen LogP contribution in [0.2, 0.25) is 0 Å². The maximum atomic E-state index is 12.6. The Labute approximate surface area is 128 Å². The maximum Gasteiger partial charge on any atom is 0.254 e. The number of benzene rings is 1. The van der Waals surface area contributed by atoms with E-state index < -0.39 is 0 Å². The van der Waals surface area contributed by atoms with Crippen molar-refractivity contribution in [2.24, 2.45) is 0 Å². The van der Waals surface area contributed by atoms with Gasteiger partial charge in [0.15, 0.2) is 0 Å². The number of hydrogen-bond acceptors (Lipinski definition) is 4. The van der Waals surface area contributed by atoms with Gasteiger partial charge in [0.1, 0.15) is 5.01 Å². The average Bonchev–Trinajstić information content (AvgIpc) is 3.09. The molecule has 4 nitrogen and oxygen atoms in total. The number of amides is 1. The Hall–Kier alpha value is -1.72. The number of piperidine rings is 1. The van der Waals surface area contributed by atoms with Crippen LogP contribution in [0.15, 0.2) is 35.8 Å². The van der Waals surface area contributed by atoms with E-state index in [9.17, 15) is 9.90 Å². The highest BCUT2D eigenvalue weighted by Crippen LogP contribution is 2.24. The predicted octanol–water partition coefficient (Wildman–Crippen LogP) is 2.80. The van der Waals surface area contributed by atoms with Crippen LogP contribution in [0.3, 0.4) is 0 Å². The quantitative estimate of drug-likeness (QED) is 0.948. The Morgan fingerprint density at radius 3 is 2.81 bits per heavy atom. The van der Waals surface area contributed by atoms with Crippen molar-refractivity contribution in [2.45, 2.75) is 25.3 Å². The van der Waals surface area contributed by atoms with Gasteiger partial charge in [0.25, 0.3) is 5.91 Å². The molecule has 1 aliphatic heterocycles. The van der Waals surface area contributed by atoms with Crippen molar-refractivity contribution in [3.8, 4) is 10.6 Å². The van der Waals surface area contributed by atoms with E-state index in [2.05, 4.69) is 4.98 Å². The molecule has 0 aliphatic carbocycles. The third-order valence-corrected chi connectivity index (χ3v) is 4.73. The number of carbonyl (C=O) groups excluding carboxylic acids is 1. The summed E-state index contributed by atoms with van der Waals surface area (Å²) in [6.07, 6.45) is 4.76. The Kier molecular flexibility index (Phi) is 4.31. The summed E-state index contributed by atoms with van der Waals surface area (Å²) in [7, 11) is 0. The maximum absolute atomic E-state index is 12.6. The molecule has 21 heavy (non-hydrogen) atoms. The van der Waals surface area contributed by atoms with Crippen LogP contribution in [0.5, 0.6) is 0 Å². The summed E-state index contributed by atoms with van der Waals surface area (Å²) >= 11 is 1.58. The lowest BCUT2D eigenvalue weighted by molar-refractivity contribution is 0.0503. The van der Waals surface area contributed by atoms with E-state index in [-0.39, 0.29) is 18.6 Å². The van der Waals surface area contributed by atoms with Gasteiger partial charge in [-0.2, -0.15) is 0 Å². The number of thiazole rings is 1. The molecule has 0 spiro atoms. The third-order valence-electron chi connectivity index (χ3n) is 3.91. The van der Waals surface area contributed by atoms with Gasteiger partial charge < -0.3 is 10.0 Å². The lowest BCUT2D eigenvalue weighted by Gasteiger charge is -2.34. The van der Waals surface area contributed by atoms with Crippen LogP contribution in [0.4, 0.5) is 0 Å². The van der Waals surface area contributed by atoms with Gasteiger partial charge in [0, 0.05) is 29.2 Å². The number of aliphatic hydroxyl groups excluding tert-OH is 1. The lowest BCUT2D eigenvalue weighted by atomic mass is 10.0. The second-order valence-electron chi connectivity index (χ2n) is 5.25. The van der Waals surface area contributed by atoms with Crippen molar-refractivity contribution >= 4 is 17.2 Å². The highest BCUT2D eigenvalue weighted by atomic mass is 32.1. The van der Waals surface area contributed by atoms with Crippen LogP contribution in [-0.2, 0) is 0 Å². The summed E-state index contributed by atoms with van der Waals surface area (Å²) < 4.78 is 0. The van der Waals surface area contributed by atoms with Crippen LogP contribution >= 0.6 is 11.3 Å². The SMILES string of the molecule is O=C(c1ccc(-c2nccs2)cc1)N1CCCC[C@@H]1CO. The second-order valence-corrected chi connectivity index (χ2v) is 6.14. The summed E-state index contributed by atoms with van der Waals surface area (Å²) in [5.41, 5.74) is 1.70. The standard InChI is InChI=1S/C16H18N2O2S/c19-11-14-3-1-2-9-18(14)16(20)13-6-4-12(5-7-13)15-17-8-10-21-15/h4-8,10,14,19H,1-3,9,11H2/t14-/m1/s1. The lowest BCUT2D eigenvalue weighted by Crippen LogP contribution is -2.45. The summed E-state index contributed by atoms with van der Waals surface area (Å²) in [5, 5.41) is 12.3. The fraction of sp³-hybridized carbons (Fsp3) is 0.375. The third kappa shape index (κ3) is 2.99. The van der Waals surface area contributed by atoms with Gasteiger partial charge in [0.2, 0.25) is 0 Å². The smallest absolute Gasteiger partial charge is 0.254 e. The molecule has 2 aromatic rings. The molecule has 1 aromatic heterocycles. The Morgan fingerprint density at radius 1 is 1.33 bits per heavy atom. The highest BCUT2D eigenvalue weighted by molar-refractivity contribution is 7.13. The molecule has 1 amide bonds. The molecule has 5 heteroatoms. The molecular formula is C16H18N2O2S. The fourth-order valence-electron chi connectivity index (χ4n) is 2.74. The number of aliphatic hydroxyl groups is 1. The van der Waals surface area contributed by atoms with Crippen molar-refractivity contribution in [3.63, 3.8) is 0 Å². The minimum atomic E-state index is -0.0371. The first-order chi connectivity index (χ1) is 10.3. The Morgan fingerprint density at radius 2 is 2.14 bits per heavy atom. The minimum absolute atomic E-state index is 0.0134. The molecular weight excluding hydrogens is 284 g/mol. The first-order valence-corrected chi connectivity index (χ1v) is 8.09. The van der Waals surface area contributed by atoms with Crippen LogP contribution in [-0.4, -0.2) is 40.1 Å². The predicted molar refractivity (Wildman–Crippen MR) is 83.3 cm³/mol. The Balaban J connectivity index is 1.78. The molecule has 1 saturated heterocycles. The first-order valence-electron chi connectivity index (χ1n) is 7.21. The van der Waals surface area contributed by atoms with Gasteiger partial charge in [-0.3, -0.25) is 4.79 Å². The minimum Gasteiger partial charge on any atom is -0.394 e. The van der Waals surface area contributed by atoms with E-state index in [0.29, 0.717) is 5.56 Å². The van der Waals surface area contributed by atoms with Gasteiger partial charge in [0.05, 0.1) is 12.6 Å².